The second-order valence-corrected chi connectivity index (χ2v) is 10.4. The molecule has 1 aromatic carbocycles. The normalized spacial score (nSPS) is 16.2. The Morgan fingerprint density at radius 1 is 1.34 bits per heavy atom. The number of rotatable bonds is 5. The predicted octanol–water partition coefficient (Wildman–Crippen LogP) is 5.41. The number of primary amides is 1. The van der Waals surface area contributed by atoms with E-state index in [4.69, 9.17) is 10.5 Å². The van der Waals surface area contributed by atoms with Crippen LogP contribution in [0.1, 0.15) is 65.3 Å². The first-order valence-corrected chi connectivity index (χ1v) is 11.4. The molecule has 7 heteroatoms. The SMILES string of the molecule is CCOc1ccc(C(=O)Nc2sc3c(c2C(N)=O)CCC(C(C)(C)C)C3)cc1Br. The minimum absolute atomic E-state index is 0.201. The number of fused-ring (bicyclic) bond motifs is 1. The van der Waals surface area contributed by atoms with Crippen molar-refractivity contribution in [3.8, 4) is 5.75 Å². The Balaban J connectivity index is 1.88. The van der Waals surface area contributed by atoms with Crippen molar-refractivity contribution in [1.82, 2.24) is 0 Å². The number of carbonyl (C=O) groups is 2. The fraction of sp³-hybridized carbons (Fsp3) is 0.455. The highest BCUT2D eigenvalue weighted by Gasteiger charge is 2.33. The molecule has 5 nitrogen and oxygen atoms in total. The fourth-order valence-electron chi connectivity index (χ4n) is 3.76. The number of thiophene rings is 1. The van der Waals surface area contributed by atoms with Gasteiger partial charge in [0.25, 0.3) is 11.8 Å². The maximum absolute atomic E-state index is 12.8. The number of halogens is 1. The summed E-state index contributed by atoms with van der Waals surface area (Å²) >= 11 is 4.91. The van der Waals surface area contributed by atoms with Crippen molar-refractivity contribution in [3.63, 3.8) is 0 Å². The summed E-state index contributed by atoms with van der Waals surface area (Å²) in [7, 11) is 0. The van der Waals surface area contributed by atoms with E-state index in [0.29, 0.717) is 38.9 Å². The minimum Gasteiger partial charge on any atom is -0.493 e. The van der Waals surface area contributed by atoms with Gasteiger partial charge in [-0.15, -0.1) is 11.3 Å². The Labute approximate surface area is 184 Å². The molecule has 0 fully saturated rings. The summed E-state index contributed by atoms with van der Waals surface area (Å²) in [5, 5.41) is 3.46. The first kappa shape index (κ1) is 21.8. The number of ether oxygens (including phenoxy) is 1. The highest BCUT2D eigenvalue weighted by atomic mass is 79.9. The van der Waals surface area contributed by atoms with Crippen molar-refractivity contribution in [2.75, 3.05) is 11.9 Å². The van der Waals surface area contributed by atoms with E-state index >= 15 is 0 Å². The molecule has 1 aromatic heterocycles. The summed E-state index contributed by atoms with van der Waals surface area (Å²) in [4.78, 5) is 26.2. The topological polar surface area (TPSA) is 81.4 Å². The van der Waals surface area contributed by atoms with E-state index in [-0.39, 0.29) is 11.3 Å². The first-order chi connectivity index (χ1) is 13.6. The van der Waals surface area contributed by atoms with E-state index in [1.807, 2.05) is 6.92 Å². The van der Waals surface area contributed by atoms with Crippen LogP contribution >= 0.6 is 27.3 Å². The lowest BCUT2D eigenvalue weighted by Gasteiger charge is -2.33. The Morgan fingerprint density at radius 2 is 2.07 bits per heavy atom. The van der Waals surface area contributed by atoms with E-state index in [2.05, 4.69) is 42.0 Å². The van der Waals surface area contributed by atoms with Crippen LogP contribution < -0.4 is 15.8 Å². The molecule has 0 spiro atoms. The van der Waals surface area contributed by atoms with Crippen molar-refractivity contribution in [2.45, 2.75) is 47.0 Å². The quantitative estimate of drug-likeness (QED) is 0.602. The summed E-state index contributed by atoms with van der Waals surface area (Å²) < 4.78 is 6.20. The van der Waals surface area contributed by atoms with Gasteiger partial charge in [-0.05, 0) is 77.2 Å². The van der Waals surface area contributed by atoms with Crippen LogP contribution in [-0.2, 0) is 12.8 Å². The van der Waals surface area contributed by atoms with Crippen molar-refractivity contribution >= 4 is 44.1 Å². The largest absolute Gasteiger partial charge is 0.493 e. The molecule has 1 heterocycles. The molecule has 2 amide bonds. The number of nitrogens with two attached hydrogens (primary N) is 1. The van der Waals surface area contributed by atoms with Crippen LogP contribution in [0.3, 0.4) is 0 Å². The average molecular weight is 479 g/mol. The molecule has 3 rings (SSSR count). The van der Waals surface area contributed by atoms with E-state index < -0.39 is 5.91 Å². The monoisotopic (exact) mass is 478 g/mol. The molecule has 3 N–H and O–H groups in total. The molecule has 29 heavy (non-hydrogen) atoms. The first-order valence-electron chi connectivity index (χ1n) is 9.79. The lowest BCUT2D eigenvalue weighted by atomic mass is 9.72. The maximum Gasteiger partial charge on any atom is 0.256 e. The van der Waals surface area contributed by atoms with Gasteiger partial charge in [-0.1, -0.05) is 20.8 Å². The molecule has 2 aromatic rings. The Kier molecular flexibility index (Phi) is 6.39. The van der Waals surface area contributed by atoms with Crippen LogP contribution in [0.25, 0.3) is 0 Å². The number of amides is 2. The fourth-order valence-corrected chi connectivity index (χ4v) is 5.58. The van der Waals surface area contributed by atoms with E-state index in [0.717, 1.165) is 29.7 Å². The molecule has 156 valence electrons. The van der Waals surface area contributed by atoms with Crippen LogP contribution in [0.15, 0.2) is 22.7 Å². The maximum atomic E-state index is 12.8. The van der Waals surface area contributed by atoms with Crippen molar-refractivity contribution in [1.29, 1.82) is 0 Å². The lowest BCUT2D eigenvalue weighted by molar-refractivity contribution is 0.1000. The molecule has 1 atom stereocenters. The second-order valence-electron chi connectivity index (χ2n) is 8.41. The van der Waals surface area contributed by atoms with E-state index in [1.165, 1.54) is 11.3 Å². The standard InChI is InChI=1S/C22H27BrN2O3S/c1-5-28-16-9-6-12(10-15(16)23)20(27)25-21-18(19(24)26)14-8-7-13(22(2,3)4)11-17(14)29-21/h6,9-10,13H,5,7-8,11H2,1-4H3,(H2,24,26)(H,25,27). The van der Waals surface area contributed by atoms with Gasteiger partial charge in [0.15, 0.2) is 0 Å². The third kappa shape index (κ3) is 4.67. The third-order valence-electron chi connectivity index (χ3n) is 5.46. The summed E-state index contributed by atoms with van der Waals surface area (Å²) in [6, 6.07) is 5.18. The molecule has 0 saturated carbocycles. The van der Waals surface area contributed by atoms with Gasteiger partial charge in [0, 0.05) is 10.4 Å². The predicted molar refractivity (Wildman–Crippen MR) is 121 cm³/mol. The van der Waals surface area contributed by atoms with Crippen LogP contribution in [0, 0.1) is 11.3 Å². The Morgan fingerprint density at radius 3 is 2.66 bits per heavy atom. The third-order valence-corrected chi connectivity index (χ3v) is 7.25. The molecule has 0 saturated heterocycles. The molecule has 0 radical (unpaired) electrons. The van der Waals surface area contributed by atoms with Gasteiger partial charge in [0.1, 0.15) is 10.8 Å². The highest BCUT2D eigenvalue weighted by Crippen LogP contribution is 2.44. The second kappa shape index (κ2) is 8.48. The Hall–Kier alpha value is -1.86. The zero-order chi connectivity index (χ0) is 21.3. The van der Waals surface area contributed by atoms with E-state index in [1.54, 1.807) is 18.2 Å². The van der Waals surface area contributed by atoms with Gasteiger partial charge in [0.05, 0.1) is 16.6 Å². The van der Waals surface area contributed by atoms with Crippen LogP contribution in [0.5, 0.6) is 5.75 Å². The van der Waals surface area contributed by atoms with Gasteiger partial charge < -0.3 is 15.8 Å². The summed E-state index contributed by atoms with van der Waals surface area (Å²) in [6.07, 6.45) is 2.75. The molecule has 1 aliphatic rings. The number of hydrogen-bond acceptors (Lipinski definition) is 4. The molecule has 1 aliphatic carbocycles. The van der Waals surface area contributed by atoms with Gasteiger partial charge in [-0.2, -0.15) is 0 Å². The van der Waals surface area contributed by atoms with Crippen molar-refractivity contribution in [2.24, 2.45) is 17.1 Å². The van der Waals surface area contributed by atoms with Gasteiger partial charge in [0.2, 0.25) is 0 Å². The van der Waals surface area contributed by atoms with Gasteiger partial charge in [-0.25, -0.2) is 0 Å². The highest BCUT2D eigenvalue weighted by molar-refractivity contribution is 9.10. The number of nitrogens with one attached hydrogen (secondary N) is 1. The molecule has 1 unspecified atom stereocenters. The van der Waals surface area contributed by atoms with Crippen LogP contribution in [-0.4, -0.2) is 18.4 Å². The van der Waals surface area contributed by atoms with Crippen LogP contribution in [0.4, 0.5) is 5.00 Å². The summed E-state index contributed by atoms with van der Waals surface area (Å²) in [6.45, 7) is 9.19. The van der Waals surface area contributed by atoms with Crippen molar-refractivity contribution < 1.29 is 14.3 Å². The van der Waals surface area contributed by atoms with Gasteiger partial charge in [-0.3, -0.25) is 9.59 Å². The number of carbonyl (C=O) groups excluding carboxylic acids is 2. The molecule has 0 aliphatic heterocycles. The summed E-state index contributed by atoms with van der Waals surface area (Å²) in [5.74, 6) is 0.462. The smallest absolute Gasteiger partial charge is 0.256 e. The lowest BCUT2D eigenvalue weighted by Crippen LogP contribution is -2.27. The van der Waals surface area contributed by atoms with Gasteiger partial charge >= 0.3 is 0 Å². The zero-order valence-electron chi connectivity index (χ0n) is 17.2. The number of hydrogen-bond donors (Lipinski definition) is 2. The molecular weight excluding hydrogens is 452 g/mol. The molecule has 0 bridgehead atoms. The molecular formula is C22H27BrN2O3S. The number of benzene rings is 1. The Bertz CT molecular complexity index is 946. The number of anilines is 1. The minimum atomic E-state index is -0.486. The zero-order valence-corrected chi connectivity index (χ0v) is 19.6. The van der Waals surface area contributed by atoms with E-state index in [9.17, 15) is 9.59 Å². The summed E-state index contributed by atoms with van der Waals surface area (Å²) in [5.41, 5.74) is 7.84. The van der Waals surface area contributed by atoms with Crippen LogP contribution in [0.2, 0.25) is 0 Å². The van der Waals surface area contributed by atoms with Crippen molar-refractivity contribution in [3.05, 3.63) is 44.2 Å². The average Bonchev–Trinajstić information content (AvgIpc) is 2.99.